The molecule has 1 aliphatic rings. The van der Waals surface area contributed by atoms with Gasteiger partial charge in [0.15, 0.2) is 0 Å². The quantitative estimate of drug-likeness (QED) is 0.782. The topological polar surface area (TPSA) is 64.6 Å². The molecule has 1 aliphatic heterocycles. The Bertz CT molecular complexity index is 485. The average molecular weight is 305 g/mol. The Labute approximate surface area is 132 Å². The molecule has 3 N–H and O–H groups in total. The van der Waals surface area contributed by atoms with E-state index in [1.54, 1.807) is 0 Å². The number of nitrogens with zero attached hydrogens (tertiary/aromatic N) is 1. The first kappa shape index (κ1) is 16.8. The molecule has 1 saturated heterocycles. The van der Waals surface area contributed by atoms with Gasteiger partial charge in [0.2, 0.25) is 0 Å². The number of amides is 2. The van der Waals surface area contributed by atoms with E-state index in [4.69, 9.17) is 0 Å². The molecule has 22 heavy (non-hydrogen) atoms. The summed E-state index contributed by atoms with van der Waals surface area (Å²) in [6, 6.07) is 7.85. The number of anilines is 1. The minimum atomic E-state index is -0.242. The van der Waals surface area contributed by atoms with E-state index < -0.39 is 0 Å². The van der Waals surface area contributed by atoms with Crippen LogP contribution in [0.15, 0.2) is 24.3 Å². The molecule has 1 heterocycles. The molecule has 0 saturated carbocycles. The second-order valence-corrected chi connectivity index (χ2v) is 6.10. The second kappa shape index (κ2) is 8.15. The molecular formula is C17H27N3O2. The number of β-amino-alcohol motifs (C(OH)–C–C–N with tert-alkyl or cyclic N) is 1. The highest BCUT2D eigenvalue weighted by Gasteiger charge is 2.21. The van der Waals surface area contributed by atoms with Gasteiger partial charge in [-0.2, -0.15) is 0 Å². The normalized spacial score (nSPS) is 18.0. The standard InChI is InChI=1S/C17H27N3O2/c1-3-16(21)12-20-9-7-14(8-10-20)18-17(22)19-15-6-4-5-13(2)11-15/h4-6,11,14,16,21H,3,7-10,12H2,1-2H3,(H2,18,19,22). The maximum atomic E-state index is 12.0. The van der Waals surface area contributed by atoms with Gasteiger partial charge in [0.25, 0.3) is 0 Å². The van der Waals surface area contributed by atoms with Gasteiger partial charge in [0.05, 0.1) is 6.10 Å². The highest BCUT2D eigenvalue weighted by molar-refractivity contribution is 5.89. The predicted octanol–water partition coefficient (Wildman–Crippen LogP) is 2.35. The van der Waals surface area contributed by atoms with E-state index >= 15 is 0 Å². The zero-order valence-electron chi connectivity index (χ0n) is 13.5. The van der Waals surface area contributed by atoms with Crippen LogP contribution in [-0.4, -0.2) is 47.8 Å². The number of aliphatic hydroxyl groups is 1. The van der Waals surface area contributed by atoms with Crippen LogP contribution in [0, 0.1) is 6.92 Å². The molecule has 0 bridgehead atoms. The van der Waals surface area contributed by atoms with Crippen LogP contribution in [-0.2, 0) is 0 Å². The van der Waals surface area contributed by atoms with Crippen molar-refractivity contribution in [2.75, 3.05) is 25.0 Å². The number of benzene rings is 1. The summed E-state index contributed by atoms with van der Waals surface area (Å²) < 4.78 is 0. The molecule has 1 aromatic rings. The third kappa shape index (κ3) is 5.31. The van der Waals surface area contributed by atoms with E-state index in [9.17, 15) is 9.90 Å². The monoisotopic (exact) mass is 305 g/mol. The number of carbonyl (C=O) groups excluding carboxylic acids is 1. The molecule has 1 fully saturated rings. The second-order valence-electron chi connectivity index (χ2n) is 6.10. The van der Waals surface area contributed by atoms with Crippen LogP contribution >= 0.6 is 0 Å². The van der Waals surface area contributed by atoms with Crippen LogP contribution in [0.4, 0.5) is 10.5 Å². The molecule has 122 valence electrons. The lowest BCUT2D eigenvalue weighted by Gasteiger charge is -2.33. The molecule has 5 heteroatoms. The number of aliphatic hydroxyl groups excluding tert-OH is 1. The third-order valence-corrected chi connectivity index (χ3v) is 4.14. The van der Waals surface area contributed by atoms with Gasteiger partial charge in [0.1, 0.15) is 0 Å². The SMILES string of the molecule is CCC(O)CN1CCC(NC(=O)Nc2cccc(C)c2)CC1. The van der Waals surface area contributed by atoms with E-state index in [1.165, 1.54) is 0 Å². The number of urea groups is 1. The van der Waals surface area contributed by atoms with Gasteiger partial charge < -0.3 is 20.6 Å². The Morgan fingerprint density at radius 3 is 2.77 bits per heavy atom. The van der Waals surface area contributed by atoms with Crippen molar-refractivity contribution in [3.8, 4) is 0 Å². The van der Waals surface area contributed by atoms with Crippen molar-refractivity contribution in [3.05, 3.63) is 29.8 Å². The van der Waals surface area contributed by atoms with Crippen LogP contribution in [0.1, 0.15) is 31.7 Å². The minimum Gasteiger partial charge on any atom is -0.392 e. The van der Waals surface area contributed by atoms with Gasteiger partial charge in [-0.1, -0.05) is 19.1 Å². The zero-order chi connectivity index (χ0) is 15.9. The first-order valence-electron chi connectivity index (χ1n) is 8.11. The van der Waals surface area contributed by atoms with Crippen LogP contribution in [0.25, 0.3) is 0 Å². The Morgan fingerprint density at radius 1 is 1.41 bits per heavy atom. The van der Waals surface area contributed by atoms with E-state index in [-0.39, 0.29) is 18.2 Å². The summed E-state index contributed by atoms with van der Waals surface area (Å²) in [6.07, 6.45) is 2.40. The molecule has 1 aromatic carbocycles. The first-order valence-corrected chi connectivity index (χ1v) is 8.11. The lowest BCUT2D eigenvalue weighted by Crippen LogP contribution is -2.47. The van der Waals surface area contributed by atoms with E-state index in [1.807, 2.05) is 38.1 Å². The van der Waals surface area contributed by atoms with Crippen molar-refractivity contribution < 1.29 is 9.90 Å². The summed E-state index contributed by atoms with van der Waals surface area (Å²) >= 11 is 0. The Balaban J connectivity index is 1.72. The van der Waals surface area contributed by atoms with Crippen molar-refractivity contribution in [1.29, 1.82) is 0 Å². The predicted molar refractivity (Wildman–Crippen MR) is 89.1 cm³/mol. The average Bonchev–Trinajstić information content (AvgIpc) is 2.49. The fourth-order valence-corrected chi connectivity index (χ4v) is 2.76. The summed E-state index contributed by atoms with van der Waals surface area (Å²) in [7, 11) is 0. The van der Waals surface area contributed by atoms with E-state index in [2.05, 4.69) is 15.5 Å². The maximum Gasteiger partial charge on any atom is 0.319 e. The fourth-order valence-electron chi connectivity index (χ4n) is 2.76. The summed E-state index contributed by atoms with van der Waals surface area (Å²) in [5, 5.41) is 15.6. The smallest absolute Gasteiger partial charge is 0.319 e. The summed E-state index contributed by atoms with van der Waals surface area (Å²) in [5.41, 5.74) is 1.95. The molecular weight excluding hydrogens is 278 g/mol. The van der Waals surface area contributed by atoms with Gasteiger partial charge >= 0.3 is 6.03 Å². The molecule has 1 atom stereocenters. The van der Waals surface area contributed by atoms with Crippen molar-refractivity contribution in [1.82, 2.24) is 10.2 Å². The molecule has 0 aromatic heterocycles. The number of likely N-dealkylation sites (tertiary alicyclic amines) is 1. The largest absolute Gasteiger partial charge is 0.392 e. The van der Waals surface area contributed by atoms with E-state index in [0.29, 0.717) is 0 Å². The molecule has 1 unspecified atom stereocenters. The van der Waals surface area contributed by atoms with E-state index in [0.717, 1.165) is 50.1 Å². The van der Waals surface area contributed by atoms with Gasteiger partial charge in [-0.05, 0) is 43.9 Å². The molecule has 0 aliphatic carbocycles. The van der Waals surface area contributed by atoms with Crippen LogP contribution in [0.5, 0.6) is 0 Å². The van der Waals surface area contributed by atoms with Gasteiger partial charge in [0, 0.05) is 31.4 Å². The molecule has 5 nitrogen and oxygen atoms in total. The third-order valence-electron chi connectivity index (χ3n) is 4.14. The number of nitrogens with one attached hydrogen (secondary N) is 2. The van der Waals surface area contributed by atoms with Crippen molar-refractivity contribution in [2.24, 2.45) is 0 Å². The highest BCUT2D eigenvalue weighted by atomic mass is 16.3. The van der Waals surface area contributed by atoms with Crippen LogP contribution < -0.4 is 10.6 Å². The molecule has 2 amide bonds. The lowest BCUT2D eigenvalue weighted by molar-refractivity contribution is 0.0925. The van der Waals surface area contributed by atoms with Crippen molar-refractivity contribution >= 4 is 11.7 Å². The van der Waals surface area contributed by atoms with Crippen molar-refractivity contribution in [2.45, 2.75) is 45.3 Å². The summed E-state index contributed by atoms with van der Waals surface area (Å²) in [4.78, 5) is 14.3. The summed E-state index contributed by atoms with van der Waals surface area (Å²) in [5.74, 6) is 0. The zero-order valence-corrected chi connectivity index (χ0v) is 13.5. The van der Waals surface area contributed by atoms with Gasteiger partial charge in [-0.3, -0.25) is 0 Å². The molecule has 0 radical (unpaired) electrons. The lowest BCUT2D eigenvalue weighted by atomic mass is 10.0. The number of aryl methyl sites for hydroxylation is 1. The Kier molecular flexibility index (Phi) is 6.21. The molecule has 0 spiro atoms. The van der Waals surface area contributed by atoms with Gasteiger partial charge in [-0.15, -0.1) is 0 Å². The Morgan fingerprint density at radius 2 is 2.14 bits per heavy atom. The fraction of sp³-hybridized carbons (Fsp3) is 0.588. The highest BCUT2D eigenvalue weighted by Crippen LogP contribution is 2.13. The number of hydrogen-bond acceptors (Lipinski definition) is 3. The number of carbonyl (C=O) groups is 1. The van der Waals surface area contributed by atoms with Crippen LogP contribution in [0.3, 0.4) is 0 Å². The molecule has 2 rings (SSSR count). The number of hydrogen-bond donors (Lipinski definition) is 3. The first-order chi connectivity index (χ1) is 10.6. The van der Waals surface area contributed by atoms with Crippen LogP contribution in [0.2, 0.25) is 0 Å². The summed E-state index contributed by atoms with van der Waals surface area (Å²) in [6.45, 7) is 6.58. The Hall–Kier alpha value is -1.59. The number of piperidine rings is 1. The minimum absolute atomic E-state index is 0.141. The van der Waals surface area contributed by atoms with Crippen molar-refractivity contribution in [3.63, 3.8) is 0 Å². The number of rotatable bonds is 5. The maximum absolute atomic E-state index is 12.0. The van der Waals surface area contributed by atoms with Gasteiger partial charge in [-0.25, -0.2) is 4.79 Å².